The molecular weight excluding hydrogens is 192 g/mol. The molecule has 0 saturated carbocycles. The molecule has 4 nitrogen and oxygen atoms in total. The summed E-state index contributed by atoms with van der Waals surface area (Å²) in [6.45, 7) is 1.95. The first kappa shape index (κ1) is 11.2. The minimum atomic E-state index is -0.899. The highest BCUT2D eigenvalue weighted by Gasteiger charge is 2.10. The van der Waals surface area contributed by atoms with Crippen molar-refractivity contribution >= 4 is 5.97 Å². The van der Waals surface area contributed by atoms with E-state index in [-0.39, 0.29) is 0 Å². The second-order valence-electron chi connectivity index (χ2n) is 3.21. The summed E-state index contributed by atoms with van der Waals surface area (Å²) in [5.74, 6) is -0.899. The predicted octanol–water partition coefficient (Wildman–Crippen LogP) is 1.12. The fraction of sp³-hybridized carbons (Fsp3) is 0.273. The van der Waals surface area contributed by atoms with E-state index in [1.165, 1.54) is 0 Å². The molecule has 0 spiro atoms. The Morgan fingerprint density at radius 2 is 2.27 bits per heavy atom. The molecule has 0 aliphatic heterocycles. The van der Waals surface area contributed by atoms with Gasteiger partial charge in [-0.15, -0.1) is 0 Å². The van der Waals surface area contributed by atoms with Crippen molar-refractivity contribution in [3.63, 3.8) is 0 Å². The number of rotatable bonds is 4. The molecule has 1 rings (SSSR count). The summed E-state index contributed by atoms with van der Waals surface area (Å²) >= 11 is 0. The third-order valence-corrected chi connectivity index (χ3v) is 2.11. The molecule has 0 bridgehead atoms. The Morgan fingerprint density at radius 3 is 2.87 bits per heavy atom. The summed E-state index contributed by atoms with van der Waals surface area (Å²) in [4.78, 5) is 10.5. The Bertz CT molecular complexity index is 396. The molecule has 0 aromatic heterocycles. The first-order chi connectivity index (χ1) is 7.15. The molecule has 1 aromatic carbocycles. The average Bonchev–Trinajstić information content (AvgIpc) is 2.26. The van der Waals surface area contributed by atoms with Crippen molar-refractivity contribution in [1.29, 1.82) is 5.26 Å². The summed E-state index contributed by atoms with van der Waals surface area (Å²) in [7, 11) is 0. The van der Waals surface area contributed by atoms with Crippen molar-refractivity contribution in [2.45, 2.75) is 19.5 Å². The summed E-state index contributed by atoms with van der Waals surface area (Å²) in [5, 5.41) is 20.3. The second-order valence-corrected chi connectivity index (χ2v) is 3.21. The average molecular weight is 204 g/mol. The van der Waals surface area contributed by atoms with Crippen LogP contribution in [0, 0.1) is 11.3 Å². The Morgan fingerprint density at radius 1 is 1.60 bits per heavy atom. The number of benzene rings is 1. The van der Waals surface area contributed by atoms with Gasteiger partial charge in [0.25, 0.3) is 0 Å². The van der Waals surface area contributed by atoms with E-state index in [0.29, 0.717) is 12.1 Å². The van der Waals surface area contributed by atoms with Crippen LogP contribution in [-0.4, -0.2) is 17.1 Å². The second kappa shape index (κ2) is 5.13. The molecule has 0 heterocycles. The quantitative estimate of drug-likeness (QED) is 0.770. The van der Waals surface area contributed by atoms with Gasteiger partial charge < -0.3 is 10.4 Å². The van der Waals surface area contributed by atoms with Gasteiger partial charge in [-0.25, -0.2) is 0 Å². The SMILES string of the molecule is C[C@H](NCc1ccccc1C#N)C(=O)O. The summed E-state index contributed by atoms with van der Waals surface area (Å²) in [6.07, 6.45) is 0. The fourth-order valence-electron chi connectivity index (χ4n) is 1.13. The Kier molecular flexibility index (Phi) is 3.83. The number of nitrogens with zero attached hydrogens (tertiary/aromatic N) is 1. The highest BCUT2D eigenvalue weighted by Crippen LogP contribution is 2.06. The summed E-state index contributed by atoms with van der Waals surface area (Å²) in [5.41, 5.74) is 1.38. The van der Waals surface area contributed by atoms with Gasteiger partial charge >= 0.3 is 5.97 Å². The smallest absolute Gasteiger partial charge is 0.320 e. The molecule has 0 aliphatic rings. The molecule has 4 heteroatoms. The maximum absolute atomic E-state index is 10.5. The first-order valence-electron chi connectivity index (χ1n) is 4.59. The number of nitrogens with one attached hydrogen (secondary N) is 1. The van der Waals surface area contributed by atoms with Crippen molar-refractivity contribution in [2.75, 3.05) is 0 Å². The number of carboxylic acid groups (broad SMARTS) is 1. The lowest BCUT2D eigenvalue weighted by Crippen LogP contribution is -2.33. The standard InChI is InChI=1S/C11H12N2O2/c1-8(11(14)15)13-7-10-5-3-2-4-9(10)6-12/h2-5,8,13H,7H2,1H3,(H,14,15)/t8-/m0/s1. The molecule has 1 atom stereocenters. The van der Waals surface area contributed by atoms with E-state index in [1.54, 1.807) is 25.1 Å². The van der Waals surface area contributed by atoms with E-state index in [2.05, 4.69) is 11.4 Å². The lowest BCUT2D eigenvalue weighted by atomic mass is 10.1. The molecule has 0 radical (unpaired) electrons. The van der Waals surface area contributed by atoms with Crippen molar-refractivity contribution in [3.05, 3.63) is 35.4 Å². The van der Waals surface area contributed by atoms with Crippen LogP contribution < -0.4 is 5.32 Å². The molecular formula is C11H12N2O2. The number of carboxylic acids is 1. The maximum Gasteiger partial charge on any atom is 0.320 e. The van der Waals surface area contributed by atoms with Crippen LogP contribution in [0.2, 0.25) is 0 Å². The highest BCUT2D eigenvalue weighted by molar-refractivity contribution is 5.72. The van der Waals surface area contributed by atoms with Crippen molar-refractivity contribution in [3.8, 4) is 6.07 Å². The number of hydrogen-bond acceptors (Lipinski definition) is 3. The number of hydrogen-bond donors (Lipinski definition) is 2. The summed E-state index contributed by atoms with van der Waals surface area (Å²) in [6, 6.07) is 8.57. The van der Waals surface area contributed by atoms with Crippen molar-refractivity contribution < 1.29 is 9.90 Å². The minimum absolute atomic E-state index is 0.386. The topological polar surface area (TPSA) is 73.1 Å². The molecule has 0 fully saturated rings. The van der Waals surface area contributed by atoms with E-state index < -0.39 is 12.0 Å². The molecule has 15 heavy (non-hydrogen) atoms. The van der Waals surface area contributed by atoms with Gasteiger partial charge in [0.1, 0.15) is 6.04 Å². The zero-order valence-electron chi connectivity index (χ0n) is 8.40. The molecule has 78 valence electrons. The van der Waals surface area contributed by atoms with E-state index in [1.807, 2.05) is 6.07 Å². The molecule has 0 unspecified atom stereocenters. The third-order valence-electron chi connectivity index (χ3n) is 2.11. The van der Waals surface area contributed by atoms with Crippen LogP contribution in [0.5, 0.6) is 0 Å². The Labute approximate surface area is 88.2 Å². The molecule has 1 aromatic rings. The van der Waals surface area contributed by atoms with Crippen molar-refractivity contribution in [1.82, 2.24) is 5.32 Å². The number of nitriles is 1. The zero-order chi connectivity index (χ0) is 11.3. The van der Waals surface area contributed by atoms with Gasteiger partial charge in [0, 0.05) is 6.54 Å². The first-order valence-corrected chi connectivity index (χ1v) is 4.59. The van der Waals surface area contributed by atoms with Crippen LogP contribution in [0.3, 0.4) is 0 Å². The van der Waals surface area contributed by atoms with Gasteiger partial charge in [0.15, 0.2) is 0 Å². The van der Waals surface area contributed by atoms with Gasteiger partial charge in [0.2, 0.25) is 0 Å². The van der Waals surface area contributed by atoms with Crippen LogP contribution in [0.1, 0.15) is 18.1 Å². The third kappa shape index (κ3) is 3.08. The predicted molar refractivity (Wildman–Crippen MR) is 55.1 cm³/mol. The van der Waals surface area contributed by atoms with Gasteiger partial charge in [-0.2, -0.15) is 5.26 Å². The Balaban J connectivity index is 2.66. The largest absolute Gasteiger partial charge is 0.480 e. The van der Waals surface area contributed by atoms with Gasteiger partial charge in [-0.05, 0) is 18.6 Å². The van der Waals surface area contributed by atoms with Gasteiger partial charge in [-0.3, -0.25) is 4.79 Å². The minimum Gasteiger partial charge on any atom is -0.480 e. The monoisotopic (exact) mass is 204 g/mol. The van der Waals surface area contributed by atoms with E-state index >= 15 is 0 Å². The number of aliphatic carboxylic acids is 1. The van der Waals surface area contributed by atoms with Crippen molar-refractivity contribution in [2.24, 2.45) is 0 Å². The lowest BCUT2D eigenvalue weighted by molar-refractivity contribution is -0.139. The highest BCUT2D eigenvalue weighted by atomic mass is 16.4. The lowest BCUT2D eigenvalue weighted by Gasteiger charge is -2.09. The van der Waals surface area contributed by atoms with E-state index in [4.69, 9.17) is 10.4 Å². The molecule has 0 aliphatic carbocycles. The molecule has 0 saturated heterocycles. The van der Waals surface area contributed by atoms with Gasteiger partial charge in [-0.1, -0.05) is 18.2 Å². The molecule has 0 amide bonds. The van der Waals surface area contributed by atoms with Crippen LogP contribution >= 0.6 is 0 Å². The Hall–Kier alpha value is -1.86. The van der Waals surface area contributed by atoms with Gasteiger partial charge in [0.05, 0.1) is 11.6 Å². The van der Waals surface area contributed by atoms with E-state index in [0.717, 1.165) is 5.56 Å². The van der Waals surface area contributed by atoms with Crippen LogP contribution in [0.25, 0.3) is 0 Å². The zero-order valence-corrected chi connectivity index (χ0v) is 8.40. The van der Waals surface area contributed by atoms with Crippen LogP contribution in [0.15, 0.2) is 24.3 Å². The molecule has 2 N–H and O–H groups in total. The fourth-order valence-corrected chi connectivity index (χ4v) is 1.13. The maximum atomic E-state index is 10.5. The summed E-state index contributed by atoms with van der Waals surface area (Å²) < 4.78 is 0. The van der Waals surface area contributed by atoms with Crippen LogP contribution in [-0.2, 0) is 11.3 Å². The van der Waals surface area contributed by atoms with Crippen LogP contribution in [0.4, 0.5) is 0 Å². The normalized spacial score (nSPS) is 11.7. The van der Waals surface area contributed by atoms with E-state index in [9.17, 15) is 4.79 Å². The number of carbonyl (C=O) groups is 1.